The molecular weight excluding hydrogens is 176 g/mol. The monoisotopic (exact) mass is 194 g/mol. The quantitative estimate of drug-likeness (QED) is 0.755. The van der Waals surface area contributed by atoms with Crippen LogP contribution in [-0.2, 0) is 6.54 Å². The Bertz CT molecular complexity index is 275. The van der Waals surface area contributed by atoms with E-state index >= 15 is 0 Å². The summed E-state index contributed by atoms with van der Waals surface area (Å²) in [6, 6.07) is 0. The molecule has 2 N–H and O–H groups in total. The molecule has 0 aliphatic carbocycles. The number of H-pyrrole nitrogens is 1. The third kappa shape index (κ3) is 2.07. The van der Waals surface area contributed by atoms with Gasteiger partial charge in [-0.3, -0.25) is 0 Å². The van der Waals surface area contributed by atoms with Gasteiger partial charge < -0.3 is 15.2 Å². The molecule has 0 amide bonds. The molecule has 14 heavy (non-hydrogen) atoms. The number of nitrogens with zero attached hydrogens (tertiary/aromatic N) is 2. The number of nitrogens with one attached hydrogen (secondary N) is 2. The molecule has 0 atom stereocenters. The van der Waals surface area contributed by atoms with Gasteiger partial charge in [-0.15, -0.1) is 0 Å². The van der Waals surface area contributed by atoms with Crippen molar-refractivity contribution in [3.8, 4) is 0 Å². The van der Waals surface area contributed by atoms with Gasteiger partial charge in [-0.05, 0) is 19.4 Å². The zero-order valence-electron chi connectivity index (χ0n) is 8.71. The summed E-state index contributed by atoms with van der Waals surface area (Å²) in [6.07, 6.45) is 4.52. The van der Waals surface area contributed by atoms with E-state index in [-0.39, 0.29) is 0 Å². The molecule has 1 aliphatic heterocycles. The first-order valence-corrected chi connectivity index (χ1v) is 5.39. The number of aromatic nitrogens is 2. The third-order valence-corrected chi connectivity index (χ3v) is 2.59. The van der Waals surface area contributed by atoms with Crippen LogP contribution >= 0.6 is 0 Å². The molecule has 1 aromatic heterocycles. The fourth-order valence-corrected chi connectivity index (χ4v) is 1.79. The largest absolute Gasteiger partial charge is 0.342 e. The summed E-state index contributed by atoms with van der Waals surface area (Å²) in [5.74, 6) is 1.04. The fraction of sp³-hybridized carbons (Fsp3) is 0.700. The van der Waals surface area contributed by atoms with Gasteiger partial charge in [0.2, 0.25) is 5.95 Å². The molecule has 78 valence electrons. The average molecular weight is 194 g/mol. The second-order valence-electron chi connectivity index (χ2n) is 3.71. The predicted octanol–water partition coefficient (Wildman–Crippen LogP) is 1.12. The zero-order valence-corrected chi connectivity index (χ0v) is 8.71. The molecule has 0 aromatic carbocycles. The highest BCUT2D eigenvalue weighted by molar-refractivity contribution is 5.32. The molecule has 0 radical (unpaired) electrons. The molecule has 0 spiro atoms. The molecular formula is C10H18N4. The normalized spacial score (nSPS) is 16.5. The molecule has 0 unspecified atom stereocenters. The lowest BCUT2D eigenvalue weighted by atomic mass is 10.4. The van der Waals surface area contributed by atoms with Crippen molar-refractivity contribution in [2.24, 2.45) is 0 Å². The Balaban J connectivity index is 1.94. The second-order valence-corrected chi connectivity index (χ2v) is 3.71. The Morgan fingerprint density at radius 3 is 3.00 bits per heavy atom. The van der Waals surface area contributed by atoms with Crippen molar-refractivity contribution in [1.82, 2.24) is 15.3 Å². The van der Waals surface area contributed by atoms with Crippen LogP contribution < -0.4 is 10.2 Å². The Morgan fingerprint density at radius 1 is 1.50 bits per heavy atom. The Hall–Kier alpha value is -1.03. The van der Waals surface area contributed by atoms with E-state index < -0.39 is 0 Å². The van der Waals surface area contributed by atoms with Gasteiger partial charge in [0.05, 0.1) is 11.9 Å². The van der Waals surface area contributed by atoms with E-state index in [1.807, 2.05) is 6.20 Å². The highest BCUT2D eigenvalue weighted by Crippen LogP contribution is 2.15. The van der Waals surface area contributed by atoms with E-state index in [1.165, 1.54) is 18.5 Å². The number of hydrogen-bond acceptors (Lipinski definition) is 3. The summed E-state index contributed by atoms with van der Waals surface area (Å²) in [5.41, 5.74) is 1.17. The number of aromatic amines is 1. The first kappa shape index (κ1) is 9.52. The van der Waals surface area contributed by atoms with Crippen LogP contribution in [0.1, 0.15) is 25.5 Å². The second kappa shape index (κ2) is 4.46. The fourth-order valence-electron chi connectivity index (χ4n) is 1.79. The highest BCUT2D eigenvalue weighted by atomic mass is 15.3. The summed E-state index contributed by atoms with van der Waals surface area (Å²) in [4.78, 5) is 10.0. The molecule has 2 heterocycles. The van der Waals surface area contributed by atoms with Gasteiger partial charge in [0.1, 0.15) is 0 Å². The molecule has 4 nitrogen and oxygen atoms in total. The average Bonchev–Trinajstić information content (AvgIpc) is 2.85. The van der Waals surface area contributed by atoms with E-state index in [0.717, 1.165) is 32.1 Å². The molecule has 1 saturated heterocycles. The maximum absolute atomic E-state index is 4.38. The van der Waals surface area contributed by atoms with Crippen LogP contribution in [0.15, 0.2) is 6.20 Å². The van der Waals surface area contributed by atoms with E-state index in [0.29, 0.717) is 0 Å². The molecule has 1 fully saturated rings. The Labute approximate surface area is 84.7 Å². The van der Waals surface area contributed by atoms with Crippen molar-refractivity contribution in [2.45, 2.75) is 26.3 Å². The van der Waals surface area contributed by atoms with Crippen molar-refractivity contribution in [3.05, 3.63) is 11.9 Å². The maximum Gasteiger partial charge on any atom is 0.202 e. The predicted molar refractivity (Wildman–Crippen MR) is 57.4 cm³/mol. The SMILES string of the molecule is CCNCc1cnc(N2CCCC2)[nH]1. The maximum atomic E-state index is 4.38. The smallest absolute Gasteiger partial charge is 0.202 e. The minimum absolute atomic E-state index is 0.886. The van der Waals surface area contributed by atoms with Crippen LogP contribution in [-0.4, -0.2) is 29.6 Å². The van der Waals surface area contributed by atoms with Gasteiger partial charge in [-0.25, -0.2) is 4.98 Å². The van der Waals surface area contributed by atoms with Crippen LogP contribution in [0.3, 0.4) is 0 Å². The Morgan fingerprint density at radius 2 is 2.29 bits per heavy atom. The minimum atomic E-state index is 0.886. The lowest BCUT2D eigenvalue weighted by molar-refractivity contribution is 0.713. The van der Waals surface area contributed by atoms with Crippen LogP contribution in [0, 0.1) is 0 Å². The number of imidazole rings is 1. The van der Waals surface area contributed by atoms with Gasteiger partial charge in [-0.1, -0.05) is 6.92 Å². The van der Waals surface area contributed by atoms with Crippen molar-refractivity contribution < 1.29 is 0 Å². The topological polar surface area (TPSA) is 44.0 Å². The number of anilines is 1. The molecule has 2 rings (SSSR count). The van der Waals surface area contributed by atoms with E-state index in [9.17, 15) is 0 Å². The Kier molecular flexibility index (Phi) is 3.03. The van der Waals surface area contributed by atoms with Crippen molar-refractivity contribution >= 4 is 5.95 Å². The summed E-state index contributed by atoms with van der Waals surface area (Å²) in [6.45, 7) is 6.29. The molecule has 1 aromatic rings. The van der Waals surface area contributed by atoms with Crippen LogP contribution in [0.5, 0.6) is 0 Å². The van der Waals surface area contributed by atoms with E-state index in [2.05, 4.69) is 27.1 Å². The summed E-state index contributed by atoms with van der Waals surface area (Å²) in [7, 11) is 0. The summed E-state index contributed by atoms with van der Waals surface area (Å²) >= 11 is 0. The van der Waals surface area contributed by atoms with Crippen LogP contribution in [0.25, 0.3) is 0 Å². The van der Waals surface area contributed by atoms with Gasteiger partial charge in [-0.2, -0.15) is 0 Å². The van der Waals surface area contributed by atoms with Crippen molar-refractivity contribution in [3.63, 3.8) is 0 Å². The minimum Gasteiger partial charge on any atom is -0.342 e. The number of hydrogen-bond donors (Lipinski definition) is 2. The van der Waals surface area contributed by atoms with Crippen molar-refractivity contribution in [1.29, 1.82) is 0 Å². The van der Waals surface area contributed by atoms with Gasteiger partial charge in [0.15, 0.2) is 0 Å². The van der Waals surface area contributed by atoms with Crippen LogP contribution in [0.2, 0.25) is 0 Å². The molecule has 4 heteroatoms. The molecule has 0 saturated carbocycles. The highest BCUT2D eigenvalue weighted by Gasteiger charge is 2.14. The van der Waals surface area contributed by atoms with Gasteiger partial charge in [0.25, 0.3) is 0 Å². The van der Waals surface area contributed by atoms with Crippen LogP contribution in [0.4, 0.5) is 5.95 Å². The molecule has 0 bridgehead atoms. The van der Waals surface area contributed by atoms with Gasteiger partial charge >= 0.3 is 0 Å². The summed E-state index contributed by atoms with van der Waals surface area (Å²) in [5, 5.41) is 3.28. The number of rotatable bonds is 4. The first-order valence-electron chi connectivity index (χ1n) is 5.39. The van der Waals surface area contributed by atoms with Crippen molar-refractivity contribution in [2.75, 3.05) is 24.5 Å². The lowest BCUT2D eigenvalue weighted by Crippen LogP contribution is -2.19. The lowest BCUT2D eigenvalue weighted by Gasteiger charge is -2.12. The molecule has 1 aliphatic rings. The van der Waals surface area contributed by atoms with Gasteiger partial charge in [0, 0.05) is 19.6 Å². The first-order chi connectivity index (χ1) is 6.90. The summed E-state index contributed by atoms with van der Waals surface area (Å²) < 4.78 is 0. The standard InChI is InChI=1S/C10H18N4/c1-2-11-7-9-8-12-10(13-9)14-5-3-4-6-14/h8,11H,2-7H2,1H3,(H,12,13). The third-order valence-electron chi connectivity index (χ3n) is 2.59. The van der Waals surface area contributed by atoms with E-state index in [4.69, 9.17) is 0 Å². The van der Waals surface area contributed by atoms with E-state index in [1.54, 1.807) is 0 Å². The zero-order chi connectivity index (χ0) is 9.80.